The summed E-state index contributed by atoms with van der Waals surface area (Å²) in [6.45, 7) is 7.10. The molecule has 0 N–H and O–H groups in total. The molecule has 2 rings (SSSR count). The first kappa shape index (κ1) is 9.38. The van der Waals surface area contributed by atoms with E-state index in [9.17, 15) is 0 Å². The predicted molar refractivity (Wildman–Crippen MR) is 56.4 cm³/mol. The van der Waals surface area contributed by atoms with Crippen molar-refractivity contribution in [3.63, 3.8) is 0 Å². The summed E-state index contributed by atoms with van der Waals surface area (Å²) in [7, 11) is 1.73. The third kappa shape index (κ3) is 1.10. The smallest absolute Gasteiger partial charge is 0.126 e. The first-order valence-electron chi connectivity index (χ1n) is 4.96. The highest BCUT2D eigenvalue weighted by Crippen LogP contribution is 2.40. The number of hydrogen-bond acceptors (Lipinski definition) is 2. The summed E-state index contributed by atoms with van der Waals surface area (Å²) in [5.74, 6) is 2.10. The first-order chi connectivity index (χ1) is 6.66. The minimum atomic E-state index is 0.809. The van der Waals surface area contributed by atoms with Crippen LogP contribution < -0.4 is 9.47 Å². The third-order valence-corrected chi connectivity index (χ3v) is 3.11. The van der Waals surface area contributed by atoms with Crippen molar-refractivity contribution < 1.29 is 9.47 Å². The molecule has 1 aliphatic rings. The average Bonchev–Trinajstić information content (AvgIpc) is 2.64. The molecule has 2 nitrogen and oxygen atoms in total. The van der Waals surface area contributed by atoms with E-state index in [4.69, 9.17) is 9.47 Å². The molecular formula is C12H16O2. The van der Waals surface area contributed by atoms with Gasteiger partial charge < -0.3 is 9.47 Å². The highest BCUT2D eigenvalue weighted by atomic mass is 16.5. The van der Waals surface area contributed by atoms with Crippen molar-refractivity contribution >= 4 is 0 Å². The number of fused-ring (bicyclic) bond motifs is 1. The highest BCUT2D eigenvalue weighted by molar-refractivity contribution is 5.59. The standard InChI is InChI=1S/C12H16O2/c1-7-8(2)12-10(5-6-14-12)9(3)11(7)13-4/h5-6H2,1-4H3. The van der Waals surface area contributed by atoms with E-state index < -0.39 is 0 Å². The van der Waals surface area contributed by atoms with Crippen molar-refractivity contribution in [1.82, 2.24) is 0 Å². The summed E-state index contributed by atoms with van der Waals surface area (Å²) < 4.78 is 11.1. The fourth-order valence-corrected chi connectivity index (χ4v) is 2.21. The molecule has 0 saturated heterocycles. The van der Waals surface area contributed by atoms with E-state index in [1.165, 1.54) is 22.3 Å². The molecule has 0 radical (unpaired) electrons. The second-order valence-electron chi connectivity index (χ2n) is 3.81. The fourth-order valence-electron chi connectivity index (χ4n) is 2.21. The molecule has 1 aromatic rings. The van der Waals surface area contributed by atoms with Gasteiger partial charge >= 0.3 is 0 Å². The van der Waals surface area contributed by atoms with E-state index >= 15 is 0 Å². The van der Waals surface area contributed by atoms with Gasteiger partial charge in [0.2, 0.25) is 0 Å². The van der Waals surface area contributed by atoms with E-state index in [2.05, 4.69) is 20.8 Å². The number of hydrogen-bond donors (Lipinski definition) is 0. The van der Waals surface area contributed by atoms with Crippen molar-refractivity contribution in [2.75, 3.05) is 13.7 Å². The summed E-state index contributed by atoms with van der Waals surface area (Å²) in [6, 6.07) is 0. The Morgan fingerprint density at radius 3 is 2.43 bits per heavy atom. The molecule has 0 aliphatic carbocycles. The zero-order valence-corrected chi connectivity index (χ0v) is 9.23. The normalized spacial score (nSPS) is 13.7. The van der Waals surface area contributed by atoms with Crippen molar-refractivity contribution in [2.24, 2.45) is 0 Å². The molecule has 1 heterocycles. The van der Waals surface area contributed by atoms with Crippen molar-refractivity contribution in [3.05, 3.63) is 22.3 Å². The van der Waals surface area contributed by atoms with Crippen LogP contribution >= 0.6 is 0 Å². The van der Waals surface area contributed by atoms with Gasteiger partial charge in [-0.15, -0.1) is 0 Å². The van der Waals surface area contributed by atoms with Crippen LogP contribution in [0.25, 0.3) is 0 Å². The zero-order chi connectivity index (χ0) is 10.3. The van der Waals surface area contributed by atoms with Crippen LogP contribution in [-0.2, 0) is 6.42 Å². The van der Waals surface area contributed by atoms with Gasteiger partial charge in [0.05, 0.1) is 13.7 Å². The number of benzene rings is 1. The first-order valence-corrected chi connectivity index (χ1v) is 4.96. The van der Waals surface area contributed by atoms with E-state index in [-0.39, 0.29) is 0 Å². The Hall–Kier alpha value is -1.18. The molecule has 1 aliphatic heterocycles. The molecule has 0 spiro atoms. The van der Waals surface area contributed by atoms with Crippen LogP contribution in [0.4, 0.5) is 0 Å². The van der Waals surface area contributed by atoms with E-state index in [1.54, 1.807) is 7.11 Å². The van der Waals surface area contributed by atoms with Crippen LogP contribution in [0.15, 0.2) is 0 Å². The Morgan fingerprint density at radius 1 is 1.07 bits per heavy atom. The van der Waals surface area contributed by atoms with Gasteiger partial charge in [0.1, 0.15) is 11.5 Å². The average molecular weight is 192 g/mol. The van der Waals surface area contributed by atoms with Crippen LogP contribution in [0.5, 0.6) is 11.5 Å². The third-order valence-electron chi connectivity index (χ3n) is 3.11. The molecule has 0 bridgehead atoms. The maximum atomic E-state index is 5.63. The predicted octanol–water partition coefficient (Wildman–Crippen LogP) is 2.56. The van der Waals surface area contributed by atoms with Gasteiger partial charge in [-0.2, -0.15) is 0 Å². The second-order valence-corrected chi connectivity index (χ2v) is 3.81. The summed E-state index contributed by atoms with van der Waals surface area (Å²) in [4.78, 5) is 0. The number of methoxy groups -OCH3 is 1. The second kappa shape index (κ2) is 3.19. The summed E-state index contributed by atoms with van der Waals surface area (Å²) >= 11 is 0. The lowest BCUT2D eigenvalue weighted by atomic mass is 9.97. The Kier molecular flexibility index (Phi) is 2.14. The van der Waals surface area contributed by atoms with Crippen LogP contribution in [0, 0.1) is 20.8 Å². The molecule has 14 heavy (non-hydrogen) atoms. The molecule has 0 saturated carbocycles. The molecule has 0 atom stereocenters. The summed E-state index contributed by atoms with van der Waals surface area (Å²) in [6.07, 6.45) is 1.01. The molecule has 0 unspecified atom stereocenters. The summed E-state index contributed by atoms with van der Waals surface area (Å²) in [5.41, 5.74) is 4.98. The molecule has 0 fully saturated rings. The lowest BCUT2D eigenvalue weighted by molar-refractivity contribution is 0.353. The van der Waals surface area contributed by atoms with Crippen molar-refractivity contribution in [2.45, 2.75) is 27.2 Å². The quantitative estimate of drug-likeness (QED) is 0.680. The minimum Gasteiger partial charge on any atom is -0.496 e. The van der Waals surface area contributed by atoms with Gasteiger partial charge in [0, 0.05) is 12.0 Å². The largest absolute Gasteiger partial charge is 0.496 e. The Labute approximate surface area is 84.8 Å². The maximum absolute atomic E-state index is 5.63. The van der Waals surface area contributed by atoms with E-state index in [0.29, 0.717) is 0 Å². The van der Waals surface area contributed by atoms with Gasteiger partial charge in [-0.05, 0) is 37.5 Å². The molecule has 0 amide bonds. The molecule has 1 aromatic carbocycles. The van der Waals surface area contributed by atoms with Gasteiger partial charge in [0.15, 0.2) is 0 Å². The number of ether oxygens (including phenoxy) is 2. The molecular weight excluding hydrogens is 176 g/mol. The van der Waals surface area contributed by atoms with Crippen LogP contribution in [0.1, 0.15) is 22.3 Å². The van der Waals surface area contributed by atoms with Crippen LogP contribution in [0.2, 0.25) is 0 Å². The van der Waals surface area contributed by atoms with Gasteiger partial charge in [0.25, 0.3) is 0 Å². The highest BCUT2D eigenvalue weighted by Gasteiger charge is 2.22. The minimum absolute atomic E-state index is 0.809. The molecule has 2 heteroatoms. The van der Waals surface area contributed by atoms with Crippen LogP contribution in [-0.4, -0.2) is 13.7 Å². The van der Waals surface area contributed by atoms with Gasteiger partial charge in [-0.3, -0.25) is 0 Å². The lowest BCUT2D eigenvalue weighted by Crippen LogP contribution is -1.97. The van der Waals surface area contributed by atoms with E-state index in [0.717, 1.165) is 24.5 Å². The SMILES string of the molecule is COc1c(C)c(C)c2c(c1C)CCO2. The van der Waals surface area contributed by atoms with Gasteiger partial charge in [-0.25, -0.2) is 0 Å². The molecule has 76 valence electrons. The van der Waals surface area contributed by atoms with Gasteiger partial charge in [-0.1, -0.05) is 0 Å². The Balaban J connectivity index is 2.73. The Bertz CT molecular complexity index is 374. The topological polar surface area (TPSA) is 18.5 Å². The lowest BCUT2D eigenvalue weighted by Gasteiger charge is -2.15. The molecule has 0 aromatic heterocycles. The van der Waals surface area contributed by atoms with Crippen molar-refractivity contribution in [1.29, 1.82) is 0 Å². The van der Waals surface area contributed by atoms with Crippen molar-refractivity contribution in [3.8, 4) is 11.5 Å². The fraction of sp³-hybridized carbons (Fsp3) is 0.500. The number of rotatable bonds is 1. The zero-order valence-electron chi connectivity index (χ0n) is 9.23. The van der Waals surface area contributed by atoms with E-state index in [1.807, 2.05) is 0 Å². The Morgan fingerprint density at radius 2 is 1.79 bits per heavy atom. The summed E-state index contributed by atoms with van der Waals surface area (Å²) in [5, 5.41) is 0. The monoisotopic (exact) mass is 192 g/mol. The van der Waals surface area contributed by atoms with Crippen LogP contribution in [0.3, 0.4) is 0 Å². The maximum Gasteiger partial charge on any atom is 0.126 e.